The lowest BCUT2D eigenvalue weighted by Gasteiger charge is -2.12. The predicted octanol–water partition coefficient (Wildman–Crippen LogP) is 5.07. The minimum Gasteiger partial charge on any atom is -0.279 e. The minimum atomic E-state index is -3.68. The van der Waals surface area contributed by atoms with Crippen LogP contribution in [0.15, 0.2) is 77.0 Å². The van der Waals surface area contributed by atoms with Crippen LogP contribution in [-0.4, -0.2) is 13.4 Å². The Morgan fingerprint density at radius 1 is 0.962 bits per heavy atom. The summed E-state index contributed by atoms with van der Waals surface area (Å²) in [7, 11) is -3.68. The number of thiophene rings is 1. The second-order valence-corrected chi connectivity index (χ2v) is 8.60. The molecule has 6 heteroatoms. The summed E-state index contributed by atoms with van der Waals surface area (Å²) < 4.78 is 28.4. The van der Waals surface area contributed by atoms with Gasteiger partial charge in [-0.25, -0.2) is 13.4 Å². The lowest BCUT2D eigenvalue weighted by molar-refractivity contribution is 0.601. The summed E-state index contributed by atoms with van der Waals surface area (Å²) in [5, 5.41) is 2.74. The van der Waals surface area contributed by atoms with Gasteiger partial charge in [-0.15, -0.1) is 11.3 Å². The van der Waals surface area contributed by atoms with E-state index in [1.165, 1.54) is 0 Å². The number of nitrogens with one attached hydrogen (secondary N) is 1. The van der Waals surface area contributed by atoms with Crippen LogP contribution in [0.1, 0.15) is 5.56 Å². The first kappa shape index (κ1) is 16.8. The van der Waals surface area contributed by atoms with E-state index in [4.69, 9.17) is 0 Å². The minimum absolute atomic E-state index is 0.238. The molecule has 0 spiro atoms. The van der Waals surface area contributed by atoms with Crippen LogP contribution in [0.3, 0.4) is 0 Å². The maximum absolute atomic E-state index is 12.8. The van der Waals surface area contributed by atoms with Gasteiger partial charge >= 0.3 is 0 Å². The molecule has 0 saturated carbocycles. The number of anilines is 1. The van der Waals surface area contributed by atoms with Gasteiger partial charge in [0, 0.05) is 5.39 Å². The molecule has 0 atom stereocenters. The van der Waals surface area contributed by atoms with Crippen LogP contribution in [0, 0.1) is 6.92 Å². The number of rotatable bonds is 4. The van der Waals surface area contributed by atoms with Crippen LogP contribution in [0.2, 0.25) is 0 Å². The number of hydrogen-bond donors (Lipinski definition) is 1. The highest BCUT2D eigenvalue weighted by molar-refractivity contribution is 7.92. The summed E-state index contributed by atoms with van der Waals surface area (Å²) in [5.41, 5.74) is 3.04. The zero-order valence-corrected chi connectivity index (χ0v) is 15.6. The van der Waals surface area contributed by atoms with Gasteiger partial charge in [0.15, 0.2) is 0 Å². The fraction of sp³-hybridized carbons (Fsp3) is 0.0500. The van der Waals surface area contributed by atoms with Crippen molar-refractivity contribution in [1.29, 1.82) is 0 Å². The maximum atomic E-state index is 12.8. The van der Waals surface area contributed by atoms with Crippen LogP contribution in [0.25, 0.3) is 21.5 Å². The molecule has 0 aliphatic heterocycles. The Labute approximate surface area is 156 Å². The number of hydrogen-bond acceptors (Lipinski definition) is 4. The van der Waals surface area contributed by atoms with E-state index in [0.29, 0.717) is 5.69 Å². The molecule has 130 valence electrons. The molecule has 0 unspecified atom stereocenters. The van der Waals surface area contributed by atoms with Crippen LogP contribution in [0.4, 0.5) is 5.69 Å². The van der Waals surface area contributed by atoms with Crippen LogP contribution < -0.4 is 4.72 Å². The van der Waals surface area contributed by atoms with Crippen LogP contribution in [0.5, 0.6) is 0 Å². The largest absolute Gasteiger partial charge is 0.279 e. The van der Waals surface area contributed by atoms with Crippen molar-refractivity contribution in [2.45, 2.75) is 11.8 Å². The molecule has 0 saturated heterocycles. The molecule has 2 aromatic heterocycles. The Kier molecular flexibility index (Phi) is 4.22. The number of fused-ring (bicyclic) bond motifs is 1. The Morgan fingerprint density at radius 3 is 2.46 bits per heavy atom. The molecule has 26 heavy (non-hydrogen) atoms. The molecule has 2 aromatic carbocycles. The van der Waals surface area contributed by atoms with Crippen molar-refractivity contribution in [3.63, 3.8) is 0 Å². The van der Waals surface area contributed by atoms with Gasteiger partial charge in [-0.1, -0.05) is 42.0 Å². The normalized spacial score (nSPS) is 11.6. The van der Waals surface area contributed by atoms with Gasteiger partial charge in [0.25, 0.3) is 10.0 Å². The summed E-state index contributed by atoms with van der Waals surface area (Å²) in [4.78, 5) is 5.90. The highest BCUT2D eigenvalue weighted by Gasteiger charge is 2.17. The highest BCUT2D eigenvalue weighted by Crippen LogP contribution is 2.31. The average Bonchev–Trinajstić information content (AvgIpc) is 3.16. The zero-order valence-electron chi connectivity index (χ0n) is 14.0. The molecule has 1 N–H and O–H groups in total. The van der Waals surface area contributed by atoms with Crippen molar-refractivity contribution in [2.75, 3.05) is 4.72 Å². The van der Waals surface area contributed by atoms with E-state index >= 15 is 0 Å². The van der Waals surface area contributed by atoms with Gasteiger partial charge in [0.2, 0.25) is 0 Å². The SMILES string of the molecule is Cc1ccc(S(=O)(=O)Nc2cc(-c3cccs3)nc3ccccc23)cc1. The first-order chi connectivity index (χ1) is 12.5. The van der Waals surface area contributed by atoms with Crippen molar-refractivity contribution in [2.24, 2.45) is 0 Å². The first-order valence-electron chi connectivity index (χ1n) is 8.06. The van der Waals surface area contributed by atoms with E-state index in [9.17, 15) is 8.42 Å². The van der Waals surface area contributed by atoms with E-state index in [0.717, 1.165) is 27.0 Å². The second kappa shape index (κ2) is 6.55. The smallest absolute Gasteiger partial charge is 0.261 e. The Balaban J connectivity index is 1.84. The second-order valence-electron chi connectivity index (χ2n) is 5.97. The molecular weight excluding hydrogens is 364 g/mol. The van der Waals surface area contributed by atoms with Crippen molar-refractivity contribution in [1.82, 2.24) is 4.98 Å². The summed E-state index contributed by atoms with van der Waals surface area (Å²) in [6, 6.07) is 20.0. The molecule has 4 rings (SSSR count). The molecular formula is C20H16N2O2S2. The van der Waals surface area contributed by atoms with E-state index < -0.39 is 10.0 Å². The van der Waals surface area contributed by atoms with Crippen LogP contribution in [-0.2, 0) is 10.0 Å². The number of nitrogens with zero attached hydrogens (tertiary/aromatic N) is 1. The fourth-order valence-electron chi connectivity index (χ4n) is 2.73. The van der Waals surface area contributed by atoms with E-state index in [1.807, 2.05) is 48.7 Å². The van der Waals surface area contributed by atoms with Gasteiger partial charge in [-0.2, -0.15) is 0 Å². The summed E-state index contributed by atoms with van der Waals surface area (Å²) in [5.74, 6) is 0. The fourth-order valence-corrected chi connectivity index (χ4v) is 4.49. The third-order valence-electron chi connectivity index (χ3n) is 4.07. The molecule has 2 heterocycles. The molecule has 0 fully saturated rings. The number of benzene rings is 2. The predicted molar refractivity (Wildman–Crippen MR) is 107 cm³/mol. The number of sulfonamides is 1. The van der Waals surface area contributed by atoms with Crippen molar-refractivity contribution in [3.8, 4) is 10.6 Å². The van der Waals surface area contributed by atoms with Gasteiger partial charge in [-0.05, 0) is 42.6 Å². The van der Waals surface area contributed by atoms with Gasteiger partial charge in [0.1, 0.15) is 0 Å². The molecule has 4 nitrogen and oxygen atoms in total. The Morgan fingerprint density at radius 2 is 1.73 bits per heavy atom. The van der Waals surface area contributed by atoms with Gasteiger partial charge in [-0.3, -0.25) is 4.72 Å². The standard InChI is InChI=1S/C20H16N2O2S2/c1-14-8-10-15(11-9-14)26(23,24)22-18-13-19(20-7-4-12-25-20)21-17-6-3-2-5-16(17)18/h2-13H,1H3,(H,21,22). The highest BCUT2D eigenvalue weighted by atomic mass is 32.2. The average molecular weight is 380 g/mol. The summed E-state index contributed by atoms with van der Waals surface area (Å²) in [6.45, 7) is 1.92. The van der Waals surface area contributed by atoms with Crippen LogP contribution >= 0.6 is 11.3 Å². The summed E-state index contributed by atoms with van der Waals surface area (Å²) >= 11 is 1.57. The Hall–Kier alpha value is -2.70. The number of aryl methyl sites for hydroxylation is 1. The van der Waals surface area contributed by atoms with Gasteiger partial charge < -0.3 is 0 Å². The van der Waals surface area contributed by atoms with Crippen molar-refractivity contribution in [3.05, 3.63) is 77.7 Å². The molecule has 0 radical (unpaired) electrons. The zero-order chi connectivity index (χ0) is 18.1. The maximum Gasteiger partial charge on any atom is 0.261 e. The quantitative estimate of drug-likeness (QED) is 0.537. The third kappa shape index (κ3) is 3.21. The topological polar surface area (TPSA) is 59.1 Å². The first-order valence-corrected chi connectivity index (χ1v) is 10.4. The Bertz CT molecular complexity index is 1170. The monoisotopic (exact) mass is 380 g/mol. The number of aromatic nitrogens is 1. The van der Waals surface area contributed by atoms with E-state index in [1.54, 1.807) is 41.7 Å². The third-order valence-corrected chi connectivity index (χ3v) is 6.34. The molecule has 0 aliphatic carbocycles. The lowest BCUT2D eigenvalue weighted by Crippen LogP contribution is -2.13. The number of pyridine rings is 1. The molecule has 0 amide bonds. The summed E-state index contributed by atoms with van der Waals surface area (Å²) in [6.07, 6.45) is 0. The van der Waals surface area contributed by atoms with Crippen molar-refractivity contribution < 1.29 is 8.42 Å². The van der Waals surface area contributed by atoms with E-state index in [-0.39, 0.29) is 4.90 Å². The number of para-hydroxylation sites is 1. The van der Waals surface area contributed by atoms with Crippen molar-refractivity contribution >= 4 is 38.0 Å². The molecule has 0 aliphatic rings. The molecule has 0 bridgehead atoms. The van der Waals surface area contributed by atoms with E-state index in [2.05, 4.69) is 9.71 Å². The lowest BCUT2D eigenvalue weighted by atomic mass is 10.1. The van der Waals surface area contributed by atoms with Gasteiger partial charge in [0.05, 0.1) is 26.7 Å². The molecule has 4 aromatic rings.